The molecule has 0 radical (unpaired) electrons. The van der Waals surface area contributed by atoms with Crippen molar-refractivity contribution in [2.24, 2.45) is 0 Å². The molecule has 4 rings (SSSR count). The number of hydrogen-bond donors (Lipinski definition) is 1. The fourth-order valence-corrected chi connectivity index (χ4v) is 2.89. The van der Waals surface area contributed by atoms with Gasteiger partial charge in [-0.2, -0.15) is 0 Å². The van der Waals surface area contributed by atoms with Crippen LogP contribution in [0.5, 0.6) is 0 Å². The molecule has 0 bridgehead atoms. The van der Waals surface area contributed by atoms with Gasteiger partial charge in [0.1, 0.15) is 0 Å². The van der Waals surface area contributed by atoms with E-state index in [0.29, 0.717) is 32.8 Å². The summed E-state index contributed by atoms with van der Waals surface area (Å²) >= 11 is 5.99. The first-order valence-corrected chi connectivity index (χ1v) is 6.54. The van der Waals surface area contributed by atoms with Gasteiger partial charge in [-0.15, -0.1) is 0 Å². The molecule has 1 heterocycles. The highest BCUT2D eigenvalue weighted by Crippen LogP contribution is 2.33. The zero-order valence-electron chi connectivity index (χ0n) is 10.2. The Labute approximate surface area is 119 Å². The highest BCUT2D eigenvalue weighted by Gasteiger charge is 2.32. The fourth-order valence-electron chi connectivity index (χ4n) is 2.72. The Morgan fingerprint density at radius 1 is 0.900 bits per heavy atom. The van der Waals surface area contributed by atoms with Crippen LogP contribution in [-0.4, -0.2) is 16.6 Å². The summed E-state index contributed by atoms with van der Waals surface area (Å²) in [6.45, 7) is 0. The molecule has 0 unspecified atom stereocenters. The lowest BCUT2D eigenvalue weighted by molar-refractivity contribution is 0.0978. The third kappa shape index (κ3) is 1.35. The standard InChI is InChI=1S/C16H8ClNO2/c17-8-5-6-12-11(7-8)13-14(18-12)16(20)10-4-2-1-3-9(10)15(13)19/h1-7,18H. The summed E-state index contributed by atoms with van der Waals surface area (Å²) < 4.78 is 0. The Kier molecular flexibility index (Phi) is 2.18. The first-order valence-electron chi connectivity index (χ1n) is 6.16. The van der Waals surface area contributed by atoms with Crippen molar-refractivity contribution in [1.29, 1.82) is 0 Å². The summed E-state index contributed by atoms with van der Waals surface area (Å²) in [5.74, 6) is -0.286. The number of carbonyl (C=O) groups is 2. The number of halogens is 1. The lowest BCUT2D eigenvalue weighted by Crippen LogP contribution is -2.19. The van der Waals surface area contributed by atoms with Gasteiger partial charge in [0.15, 0.2) is 5.78 Å². The third-order valence-electron chi connectivity index (χ3n) is 3.63. The first kappa shape index (κ1) is 11.4. The SMILES string of the molecule is O=C1c2ccccc2C(=O)c2c1[nH]c1ccc(Cl)cc21. The second-order valence-corrected chi connectivity index (χ2v) is 5.21. The van der Waals surface area contributed by atoms with Gasteiger partial charge in [0, 0.05) is 27.1 Å². The molecule has 4 heteroatoms. The van der Waals surface area contributed by atoms with E-state index in [1.54, 1.807) is 42.5 Å². The minimum absolute atomic E-state index is 0.135. The molecule has 0 saturated carbocycles. The molecule has 0 saturated heterocycles. The number of fused-ring (bicyclic) bond motifs is 4. The van der Waals surface area contributed by atoms with Gasteiger partial charge in [-0.3, -0.25) is 9.59 Å². The summed E-state index contributed by atoms with van der Waals surface area (Å²) in [6, 6.07) is 12.1. The van der Waals surface area contributed by atoms with Crippen LogP contribution in [0.25, 0.3) is 10.9 Å². The number of rotatable bonds is 0. The van der Waals surface area contributed by atoms with Crippen LogP contribution < -0.4 is 0 Å². The lowest BCUT2D eigenvalue weighted by atomic mass is 9.87. The lowest BCUT2D eigenvalue weighted by Gasteiger charge is -2.13. The van der Waals surface area contributed by atoms with Crippen LogP contribution in [0.2, 0.25) is 5.02 Å². The number of benzene rings is 2. The Hall–Kier alpha value is -2.39. The minimum atomic E-state index is -0.150. The van der Waals surface area contributed by atoms with E-state index in [1.165, 1.54) is 0 Å². The van der Waals surface area contributed by atoms with Gasteiger partial charge in [-0.25, -0.2) is 0 Å². The maximum Gasteiger partial charge on any atom is 0.210 e. The largest absolute Gasteiger partial charge is 0.351 e. The summed E-state index contributed by atoms with van der Waals surface area (Å²) in [5.41, 5.74) is 2.42. The van der Waals surface area contributed by atoms with E-state index in [-0.39, 0.29) is 11.6 Å². The molecule has 20 heavy (non-hydrogen) atoms. The highest BCUT2D eigenvalue weighted by atomic mass is 35.5. The highest BCUT2D eigenvalue weighted by molar-refractivity contribution is 6.34. The molecule has 0 amide bonds. The summed E-state index contributed by atoms with van der Waals surface area (Å²) in [6.07, 6.45) is 0. The van der Waals surface area contributed by atoms with E-state index in [1.807, 2.05) is 0 Å². The van der Waals surface area contributed by atoms with Crippen LogP contribution >= 0.6 is 11.6 Å². The van der Waals surface area contributed by atoms with Gasteiger partial charge in [-0.1, -0.05) is 35.9 Å². The molecule has 96 valence electrons. The second-order valence-electron chi connectivity index (χ2n) is 4.77. The molecule has 0 fully saturated rings. The Balaban J connectivity index is 2.12. The van der Waals surface area contributed by atoms with Crippen molar-refractivity contribution in [3.63, 3.8) is 0 Å². The molecule has 0 spiro atoms. The zero-order chi connectivity index (χ0) is 13.9. The topological polar surface area (TPSA) is 49.9 Å². The van der Waals surface area contributed by atoms with Crippen LogP contribution in [0.15, 0.2) is 42.5 Å². The van der Waals surface area contributed by atoms with Gasteiger partial charge >= 0.3 is 0 Å². The minimum Gasteiger partial charge on any atom is -0.351 e. The molecule has 0 atom stereocenters. The van der Waals surface area contributed by atoms with E-state index in [0.717, 1.165) is 5.52 Å². The molecule has 0 aliphatic heterocycles. The molecule has 3 nitrogen and oxygen atoms in total. The van der Waals surface area contributed by atoms with Crippen molar-refractivity contribution in [2.45, 2.75) is 0 Å². The number of ketones is 2. The van der Waals surface area contributed by atoms with Crippen molar-refractivity contribution in [3.05, 3.63) is 69.9 Å². The maximum absolute atomic E-state index is 12.6. The first-order chi connectivity index (χ1) is 9.66. The van der Waals surface area contributed by atoms with Gasteiger partial charge in [-0.05, 0) is 18.2 Å². The predicted molar refractivity (Wildman–Crippen MR) is 76.6 cm³/mol. The molecular weight excluding hydrogens is 274 g/mol. The number of aromatic amines is 1. The number of hydrogen-bond acceptors (Lipinski definition) is 2. The van der Waals surface area contributed by atoms with Crippen LogP contribution in [0, 0.1) is 0 Å². The van der Waals surface area contributed by atoms with Crippen molar-refractivity contribution >= 4 is 34.1 Å². The third-order valence-corrected chi connectivity index (χ3v) is 3.87. The van der Waals surface area contributed by atoms with Gasteiger partial charge in [0.25, 0.3) is 0 Å². The van der Waals surface area contributed by atoms with E-state index < -0.39 is 0 Å². The Bertz CT molecular complexity index is 908. The molecule has 1 aliphatic carbocycles. The number of nitrogens with one attached hydrogen (secondary N) is 1. The van der Waals surface area contributed by atoms with Gasteiger partial charge < -0.3 is 4.98 Å². The van der Waals surface area contributed by atoms with E-state index in [9.17, 15) is 9.59 Å². The number of carbonyl (C=O) groups excluding carboxylic acids is 2. The quantitative estimate of drug-likeness (QED) is 0.535. The van der Waals surface area contributed by atoms with Crippen LogP contribution in [-0.2, 0) is 0 Å². The van der Waals surface area contributed by atoms with Crippen molar-refractivity contribution in [3.8, 4) is 0 Å². The van der Waals surface area contributed by atoms with Crippen LogP contribution in [0.4, 0.5) is 0 Å². The summed E-state index contributed by atoms with van der Waals surface area (Å²) in [5, 5.41) is 1.23. The van der Waals surface area contributed by atoms with E-state index in [2.05, 4.69) is 4.98 Å². The Morgan fingerprint density at radius 2 is 1.60 bits per heavy atom. The smallest absolute Gasteiger partial charge is 0.210 e. The average Bonchev–Trinajstić information content (AvgIpc) is 2.84. The zero-order valence-corrected chi connectivity index (χ0v) is 11.0. The fraction of sp³-hybridized carbons (Fsp3) is 0. The summed E-state index contributed by atoms with van der Waals surface area (Å²) in [4.78, 5) is 28.2. The number of aromatic nitrogens is 1. The van der Waals surface area contributed by atoms with Crippen LogP contribution in [0.1, 0.15) is 32.0 Å². The van der Waals surface area contributed by atoms with Crippen molar-refractivity contribution < 1.29 is 9.59 Å². The summed E-state index contributed by atoms with van der Waals surface area (Å²) in [7, 11) is 0. The van der Waals surface area contributed by atoms with Gasteiger partial charge in [0.05, 0.1) is 11.3 Å². The maximum atomic E-state index is 12.6. The molecule has 1 aliphatic rings. The normalized spacial score (nSPS) is 13.4. The second kappa shape index (κ2) is 3.81. The van der Waals surface area contributed by atoms with Crippen LogP contribution in [0.3, 0.4) is 0 Å². The van der Waals surface area contributed by atoms with E-state index in [4.69, 9.17) is 11.6 Å². The predicted octanol–water partition coefficient (Wildman–Crippen LogP) is 3.60. The van der Waals surface area contributed by atoms with E-state index >= 15 is 0 Å². The molecule has 1 aromatic heterocycles. The van der Waals surface area contributed by atoms with Crippen molar-refractivity contribution in [1.82, 2.24) is 4.98 Å². The molecule has 3 aromatic rings. The van der Waals surface area contributed by atoms with Crippen molar-refractivity contribution in [2.75, 3.05) is 0 Å². The average molecular weight is 282 g/mol. The monoisotopic (exact) mass is 281 g/mol. The number of H-pyrrole nitrogens is 1. The van der Waals surface area contributed by atoms with Gasteiger partial charge in [0.2, 0.25) is 5.78 Å². The molecule has 1 N–H and O–H groups in total. The Morgan fingerprint density at radius 3 is 2.35 bits per heavy atom. The molecular formula is C16H8ClNO2. The molecule has 2 aromatic carbocycles.